The van der Waals surface area contributed by atoms with Crippen molar-refractivity contribution in [3.05, 3.63) is 12.3 Å². The van der Waals surface area contributed by atoms with Gasteiger partial charge in [-0.15, -0.1) is 0 Å². The van der Waals surface area contributed by atoms with Gasteiger partial charge in [-0.25, -0.2) is 5.06 Å². The van der Waals surface area contributed by atoms with E-state index in [1.165, 1.54) is 6.20 Å². The van der Waals surface area contributed by atoms with Crippen molar-refractivity contribution in [3.8, 4) is 0 Å². The zero-order chi connectivity index (χ0) is 5.98. The van der Waals surface area contributed by atoms with E-state index < -0.39 is 0 Å². The first kappa shape index (κ1) is 5.78. The fourth-order valence-electron chi connectivity index (χ4n) is 0.387. The molecule has 0 fully saturated rings. The summed E-state index contributed by atoms with van der Waals surface area (Å²) in [5.74, 6) is 0. The molecule has 0 bridgehead atoms. The molecule has 4 heteroatoms. The fraction of sp³-hybridized carbons (Fsp3) is 0.250. The minimum absolute atomic E-state index is 0.317. The molecule has 0 unspecified atom stereocenters. The predicted octanol–water partition coefficient (Wildman–Crippen LogP) is 0.956. The first-order valence-electron chi connectivity index (χ1n) is 2.13. The van der Waals surface area contributed by atoms with E-state index >= 15 is 0 Å². The maximum atomic E-state index is 8.65. The average molecular weight is 177 g/mol. The molecule has 0 saturated carbocycles. The van der Waals surface area contributed by atoms with Gasteiger partial charge < -0.3 is 0 Å². The first-order valence-corrected chi connectivity index (χ1v) is 2.92. The van der Waals surface area contributed by atoms with Gasteiger partial charge in [-0.3, -0.25) is 10.2 Å². The summed E-state index contributed by atoms with van der Waals surface area (Å²) in [6.07, 6.45) is 3.21. The van der Waals surface area contributed by atoms with Crippen molar-refractivity contribution in [1.29, 1.82) is 0 Å². The summed E-state index contributed by atoms with van der Waals surface area (Å²) in [4.78, 5) is 3.83. The number of hydrogen-bond acceptors (Lipinski definition) is 3. The van der Waals surface area contributed by atoms with Crippen molar-refractivity contribution in [2.24, 2.45) is 4.99 Å². The largest absolute Gasteiger partial charge is 0.287 e. The van der Waals surface area contributed by atoms with Crippen molar-refractivity contribution in [1.82, 2.24) is 5.06 Å². The van der Waals surface area contributed by atoms with Gasteiger partial charge in [0.1, 0.15) is 11.3 Å². The molecule has 0 radical (unpaired) electrons. The molecule has 0 aromatic heterocycles. The maximum absolute atomic E-state index is 8.65. The van der Waals surface area contributed by atoms with Gasteiger partial charge in [-0.2, -0.15) is 0 Å². The highest BCUT2D eigenvalue weighted by atomic mass is 79.9. The minimum Gasteiger partial charge on any atom is -0.287 e. The standard InChI is InChI=1S/C4H5BrN2O/c5-4-1-2-7(8)3-6-4/h1-2,8H,3H2. The molecule has 0 aromatic carbocycles. The zero-order valence-electron chi connectivity index (χ0n) is 4.08. The third kappa shape index (κ3) is 1.31. The van der Waals surface area contributed by atoms with Gasteiger partial charge in [-0.1, -0.05) is 0 Å². The smallest absolute Gasteiger partial charge is 0.136 e. The lowest BCUT2D eigenvalue weighted by atomic mass is 10.6. The Kier molecular flexibility index (Phi) is 1.65. The number of aliphatic imine (C=N–C) groups is 1. The molecule has 1 aliphatic rings. The van der Waals surface area contributed by atoms with Gasteiger partial charge in [0.15, 0.2) is 0 Å². The van der Waals surface area contributed by atoms with Crippen LogP contribution in [-0.2, 0) is 0 Å². The van der Waals surface area contributed by atoms with Gasteiger partial charge >= 0.3 is 0 Å². The topological polar surface area (TPSA) is 35.8 Å². The van der Waals surface area contributed by atoms with Crippen LogP contribution in [0, 0.1) is 0 Å². The van der Waals surface area contributed by atoms with Gasteiger partial charge in [0.05, 0.1) is 0 Å². The second kappa shape index (κ2) is 2.28. The quantitative estimate of drug-likeness (QED) is 0.597. The van der Waals surface area contributed by atoms with E-state index in [0.29, 0.717) is 6.67 Å². The van der Waals surface area contributed by atoms with Gasteiger partial charge in [-0.05, 0) is 22.0 Å². The average Bonchev–Trinajstić information content (AvgIpc) is 1.77. The van der Waals surface area contributed by atoms with Crippen molar-refractivity contribution in [3.63, 3.8) is 0 Å². The van der Waals surface area contributed by atoms with E-state index in [1.807, 2.05) is 0 Å². The number of halogens is 1. The van der Waals surface area contributed by atoms with Crippen LogP contribution in [0.5, 0.6) is 0 Å². The molecule has 1 heterocycles. The van der Waals surface area contributed by atoms with Crippen molar-refractivity contribution < 1.29 is 5.21 Å². The third-order valence-electron chi connectivity index (χ3n) is 0.751. The van der Waals surface area contributed by atoms with Crippen LogP contribution < -0.4 is 0 Å². The molecule has 0 spiro atoms. The Morgan fingerprint density at radius 2 is 2.62 bits per heavy atom. The normalized spacial score (nSPS) is 18.8. The van der Waals surface area contributed by atoms with Gasteiger partial charge in [0, 0.05) is 6.20 Å². The summed E-state index contributed by atoms with van der Waals surface area (Å²) < 4.78 is 0.766. The summed E-state index contributed by atoms with van der Waals surface area (Å²) in [7, 11) is 0. The summed E-state index contributed by atoms with van der Waals surface area (Å²) in [5, 5.41) is 9.65. The highest BCUT2D eigenvalue weighted by Crippen LogP contribution is 1.99. The lowest BCUT2D eigenvalue weighted by Gasteiger charge is -2.10. The molecule has 0 atom stereocenters. The number of allylic oxidation sites excluding steroid dienone is 1. The van der Waals surface area contributed by atoms with E-state index in [0.717, 1.165) is 9.68 Å². The highest BCUT2D eigenvalue weighted by Gasteiger charge is 1.96. The first-order chi connectivity index (χ1) is 3.79. The molecule has 0 saturated heterocycles. The van der Waals surface area contributed by atoms with Crippen LogP contribution in [0.25, 0.3) is 0 Å². The van der Waals surface area contributed by atoms with Crippen LogP contribution in [0.2, 0.25) is 0 Å². The van der Waals surface area contributed by atoms with E-state index in [1.54, 1.807) is 6.08 Å². The molecule has 0 aliphatic carbocycles. The molecular formula is C4H5BrN2O. The number of nitrogens with zero attached hydrogens (tertiary/aromatic N) is 2. The van der Waals surface area contributed by atoms with Crippen LogP contribution >= 0.6 is 15.9 Å². The van der Waals surface area contributed by atoms with Crippen LogP contribution in [0.1, 0.15) is 0 Å². The molecule has 1 aliphatic heterocycles. The van der Waals surface area contributed by atoms with Gasteiger partial charge in [0.25, 0.3) is 0 Å². The van der Waals surface area contributed by atoms with E-state index in [9.17, 15) is 0 Å². The predicted molar refractivity (Wildman–Crippen MR) is 34.0 cm³/mol. The summed E-state index contributed by atoms with van der Waals surface area (Å²) in [6, 6.07) is 0. The molecule has 1 N–H and O–H groups in total. The molecule has 8 heavy (non-hydrogen) atoms. The Labute approximate surface area is 55.4 Å². The zero-order valence-corrected chi connectivity index (χ0v) is 5.67. The second-order valence-corrected chi connectivity index (χ2v) is 2.19. The van der Waals surface area contributed by atoms with Crippen LogP contribution in [0.3, 0.4) is 0 Å². The Bertz CT molecular complexity index is 143. The molecule has 3 nitrogen and oxygen atoms in total. The van der Waals surface area contributed by atoms with Crippen LogP contribution in [0.15, 0.2) is 17.3 Å². The van der Waals surface area contributed by atoms with E-state index in [-0.39, 0.29) is 0 Å². The Morgan fingerprint density at radius 3 is 3.00 bits per heavy atom. The van der Waals surface area contributed by atoms with Crippen molar-refractivity contribution in [2.75, 3.05) is 6.67 Å². The fourth-order valence-corrected chi connectivity index (χ4v) is 0.618. The molecular weight excluding hydrogens is 172 g/mol. The second-order valence-electron chi connectivity index (χ2n) is 1.38. The number of hydroxylamine groups is 2. The molecule has 0 amide bonds. The SMILES string of the molecule is ON1C=CC(Br)=NC1. The minimum atomic E-state index is 0.317. The lowest BCUT2D eigenvalue weighted by molar-refractivity contribution is -0.0385. The Hall–Kier alpha value is -0.350. The summed E-state index contributed by atoms with van der Waals surface area (Å²) in [6.45, 7) is 0.317. The molecule has 44 valence electrons. The Balaban J connectivity index is 2.58. The van der Waals surface area contributed by atoms with Crippen LogP contribution in [-0.4, -0.2) is 21.6 Å². The number of rotatable bonds is 0. The highest BCUT2D eigenvalue weighted by molar-refractivity contribution is 9.18. The molecule has 1 rings (SSSR count). The van der Waals surface area contributed by atoms with E-state index in [4.69, 9.17) is 5.21 Å². The van der Waals surface area contributed by atoms with Gasteiger partial charge in [0.2, 0.25) is 0 Å². The third-order valence-corrected chi connectivity index (χ3v) is 1.27. The summed E-state index contributed by atoms with van der Waals surface area (Å²) in [5.41, 5.74) is 0. The van der Waals surface area contributed by atoms with E-state index in [2.05, 4.69) is 20.9 Å². The maximum Gasteiger partial charge on any atom is 0.136 e. The monoisotopic (exact) mass is 176 g/mol. The van der Waals surface area contributed by atoms with Crippen molar-refractivity contribution >= 4 is 20.6 Å². The Morgan fingerprint density at radius 1 is 1.88 bits per heavy atom. The number of hydrogen-bond donors (Lipinski definition) is 1. The van der Waals surface area contributed by atoms with Crippen molar-refractivity contribution in [2.45, 2.75) is 0 Å². The molecule has 0 aromatic rings. The lowest BCUT2D eigenvalue weighted by Crippen LogP contribution is -2.15. The van der Waals surface area contributed by atoms with Crippen LogP contribution in [0.4, 0.5) is 0 Å². The summed E-state index contributed by atoms with van der Waals surface area (Å²) >= 11 is 3.14.